The van der Waals surface area contributed by atoms with E-state index in [1.54, 1.807) is 13.0 Å². The van der Waals surface area contributed by atoms with Crippen LogP contribution in [-0.2, 0) is 6.42 Å². The molecule has 2 heteroatoms. The molecule has 1 nitrogen and oxygen atoms in total. The molecular formula is C17H15FO. The number of hydrogen-bond acceptors (Lipinski definition) is 1. The lowest BCUT2D eigenvalue weighted by Gasteiger charge is -2.29. The van der Waals surface area contributed by atoms with Crippen LogP contribution in [0.2, 0.25) is 0 Å². The number of rotatable bonds is 3. The third-order valence-corrected chi connectivity index (χ3v) is 3.76. The summed E-state index contributed by atoms with van der Waals surface area (Å²) in [5.41, 5.74) is 3.87. The van der Waals surface area contributed by atoms with Gasteiger partial charge in [-0.05, 0) is 54.2 Å². The van der Waals surface area contributed by atoms with E-state index in [0.29, 0.717) is 17.9 Å². The van der Waals surface area contributed by atoms with Crippen LogP contribution in [0.15, 0.2) is 42.5 Å². The summed E-state index contributed by atoms with van der Waals surface area (Å²) in [5.74, 6) is -0.00765. The van der Waals surface area contributed by atoms with E-state index >= 15 is 0 Å². The lowest BCUT2D eigenvalue weighted by molar-refractivity contribution is 0.0970. The van der Waals surface area contributed by atoms with Gasteiger partial charge in [0.25, 0.3) is 0 Å². The molecule has 1 aliphatic rings. The molecule has 2 aromatic carbocycles. The smallest absolute Gasteiger partial charge is 0.163 e. The van der Waals surface area contributed by atoms with Crippen molar-refractivity contribution < 1.29 is 9.18 Å². The van der Waals surface area contributed by atoms with E-state index in [-0.39, 0.29) is 11.6 Å². The van der Waals surface area contributed by atoms with Gasteiger partial charge in [0.1, 0.15) is 5.82 Å². The van der Waals surface area contributed by atoms with Crippen molar-refractivity contribution in [3.63, 3.8) is 0 Å². The molecule has 2 aromatic rings. The van der Waals surface area contributed by atoms with Crippen molar-refractivity contribution in [3.8, 4) is 0 Å². The van der Waals surface area contributed by atoms with Crippen LogP contribution in [0.4, 0.5) is 4.39 Å². The van der Waals surface area contributed by atoms with Crippen molar-refractivity contribution in [1.82, 2.24) is 0 Å². The number of halogens is 1. The van der Waals surface area contributed by atoms with Crippen LogP contribution in [0.25, 0.3) is 0 Å². The molecule has 3 rings (SSSR count). The summed E-state index contributed by atoms with van der Waals surface area (Å²) in [6, 6.07) is 12.7. The van der Waals surface area contributed by atoms with Gasteiger partial charge in [-0.3, -0.25) is 4.79 Å². The van der Waals surface area contributed by atoms with E-state index in [9.17, 15) is 9.18 Å². The van der Waals surface area contributed by atoms with Crippen molar-refractivity contribution in [1.29, 1.82) is 0 Å². The molecule has 0 fully saturated rings. The van der Waals surface area contributed by atoms with Gasteiger partial charge in [0, 0.05) is 12.0 Å². The molecule has 0 N–H and O–H groups in total. The van der Waals surface area contributed by atoms with Crippen molar-refractivity contribution in [3.05, 3.63) is 70.5 Å². The maximum absolute atomic E-state index is 13.3. The average molecular weight is 254 g/mol. The van der Waals surface area contributed by atoms with Crippen LogP contribution in [0.5, 0.6) is 0 Å². The lowest BCUT2D eigenvalue weighted by atomic mass is 9.74. The van der Waals surface area contributed by atoms with Gasteiger partial charge in [0.05, 0.1) is 0 Å². The largest absolute Gasteiger partial charge is 0.294 e. The van der Waals surface area contributed by atoms with Crippen molar-refractivity contribution in [2.24, 2.45) is 0 Å². The zero-order valence-corrected chi connectivity index (χ0v) is 10.8. The summed E-state index contributed by atoms with van der Waals surface area (Å²) < 4.78 is 13.3. The zero-order chi connectivity index (χ0) is 13.4. The zero-order valence-electron chi connectivity index (χ0n) is 10.8. The predicted octanol–water partition coefficient (Wildman–Crippen LogP) is 4.05. The van der Waals surface area contributed by atoms with Crippen LogP contribution in [-0.4, -0.2) is 5.78 Å². The van der Waals surface area contributed by atoms with Crippen LogP contribution >= 0.6 is 0 Å². The van der Waals surface area contributed by atoms with E-state index in [4.69, 9.17) is 0 Å². The Morgan fingerprint density at radius 1 is 1.26 bits per heavy atom. The van der Waals surface area contributed by atoms with Gasteiger partial charge in [-0.1, -0.05) is 24.3 Å². The Balaban J connectivity index is 1.77. The molecule has 0 saturated carbocycles. The van der Waals surface area contributed by atoms with Gasteiger partial charge in [-0.2, -0.15) is 0 Å². The summed E-state index contributed by atoms with van der Waals surface area (Å²) >= 11 is 0. The van der Waals surface area contributed by atoms with Crippen LogP contribution in [0.1, 0.15) is 39.4 Å². The number of fused-ring (bicyclic) bond motifs is 1. The average Bonchev–Trinajstić information content (AvgIpc) is 2.34. The maximum Gasteiger partial charge on any atom is 0.163 e. The molecule has 0 radical (unpaired) electrons. The predicted molar refractivity (Wildman–Crippen MR) is 73.0 cm³/mol. The van der Waals surface area contributed by atoms with E-state index in [1.807, 2.05) is 12.1 Å². The first-order chi connectivity index (χ1) is 9.13. The monoisotopic (exact) mass is 254 g/mol. The molecule has 0 aromatic heterocycles. The first-order valence-corrected chi connectivity index (χ1v) is 6.51. The highest BCUT2D eigenvalue weighted by molar-refractivity contribution is 5.97. The highest BCUT2D eigenvalue weighted by Crippen LogP contribution is 2.37. The molecular weight excluding hydrogens is 239 g/mol. The van der Waals surface area contributed by atoms with Gasteiger partial charge < -0.3 is 0 Å². The quantitative estimate of drug-likeness (QED) is 0.755. The molecule has 0 aliphatic heterocycles. The second-order valence-corrected chi connectivity index (χ2v) is 5.24. The number of aryl methyl sites for hydroxylation is 1. The number of carbonyl (C=O) groups excluding carboxylic acids is 1. The molecule has 0 amide bonds. The Labute approximate surface area is 112 Å². The number of ketones is 1. The van der Waals surface area contributed by atoms with Gasteiger partial charge in [0.15, 0.2) is 5.78 Å². The third kappa shape index (κ3) is 2.30. The minimum atomic E-state index is -0.336. The van der Waals surface area contributed by atoms with Crippen LogP contribution in [0.3, 0.4) is 0 Å². The van der Waals surface area contributed by atoms with Gasteiger partial charge in [-0.15, -0.1) is 0 Å². The van der Waals surface area contributed by atoms with Crippen molar-refractivity contribution in [2.75, 3.05) is 0 Å². The van der Waals surface area contributed by atoms with Gasteiger partial charge in [-0.25, -0.2) is 4.39 Å². The molecule has 0 spiro atoms. The van der Waals surface area contributed by atoms with Crippen LogP contribution < -0.4 is 0 Å². The normalized spacial score (nSPS) is 16.6. The molecule has 0 bridgehead atoms. The number of carbonyl (C=O) groups is 1. The fourth-order valence-corrected chi connectivity index (χ4v) is 2.78. The van der Waals surface area contributed by atoms with E-state index in [2.05, 4.69) is 12.1 Å². The Bertz CT molecular complexity index is 625. The summed E-state index contributed by atoms with van der Waals surface area (Å²) in [7, 11) is 0. The van der Waals surface area contributed by atoms with E-state index in [1.165, 1.54) is 23.3 Å². The minimum absolute atomic E-state index is 0.0297. The fraction of sp³-hybridized carbons (Fsp3) is 0.235. The highest BCUT2D eigenvalue weighted by atomic mass is 19.1. The molecule has 0 saturated heterocycles. The second kappa shape index (κ2) is 4.61. The van der Waals surface area contributed by atoms with E-state index < -0.39 is 0 Å². The molecule has 96 valence electrons. The fourth-order valence-electron chi connectivity index (χ4n) is 2.78. The number of Topliss-reactive ketones (excluding diaryl/α,β-unsaturated/α-hetero) is 1. The van der Waals surface area contributed by atoms with Crippen molar-refractivity contribution >= 4 is 5.78 Å². The van der Waals surface area contributed by atoms with Gasteiger partial charge in [0.2, 0.25) is 0 Å². The summed E-state index contributed by atoms with van der Waals surface area (Å²) in [5, 5.41) is 0. The molecule has 1 aliphatic carbocycles. The molecule has 0 heterocycles. The minimum Gasteiger partial charge on any atom is -0.294 e. The maximum atomic E-state index is 13.3. The standard InChI is InChI=1S/C17H15FO/c1-11-6-14(9-15(18)7-11)17(19)10-13-8-12-4-2-3-5-16(12)13/h2-7,9,13H,8,10H2,1H3. The summed E-state index contributed by atoms with van der Waals surface area (Å²) in [6.45, 7) is 1.80. The molecule has 1 atom stereocenters. The summed E-state index contributed by atoms with van der Waals surface area (Å²) in [6.07, 6.45) is 1.43. The number of hydrogen-bond donors (Lipinski definition) is 0. The number of benzene rings is 2. The van der Waals surface area contributed by atoms with Crippen molar-refractivity contribution in [2.45, 2.75) is 25.7 Å². The Morgan fingerprint density at radius 3 is 2.79 bits per heavy atom. The first-order valence-electron chi connectivity index (χ1n) is 6.51. The third-order valence-electron chi connectivity index (χ3n) is 3.76. The highest BCUT2D eigenvalue weighted by Gasteiger charge is 2.27. The topological polar surface area (TPSA) is 17.1 Å². The molecule has 1 unspecified atom stereocenters. The SMILES string of the molecule is Cc1cc(F)cc(C(=O)CC2Cc3ccccc32)c1. The second-order valence-electron chi connectivity index (χ2n) is 5.24. The first kappa shape index (κ1) is 12.1. The summed E-state index contributed by atoms with van der Waals surface area (Å²) in [4.78, 5) is 12.2. The van der Waals surface area contributed by atoms with Crippen LogP contribution in [0, 0.1) is 12.7 Å². The molecule has 19 heavy (non-hydrogen) atoms. The lowest BCUT2D eigenvalue weighted by Crippen LogP contribution is -2.20. The Kier molecular flexibility index (Phi) is 2.94. The van der Waals surface area contributed by atoms with Gasteiger partial charge >= 0.3 is 0 Å². The Morgan fingerprint density at radius 2 is 2.05 bits per heavy atom. The Hall–Kier alpha value is -1.96. The van der Waals surface area contributed by atoms with E-state index in [0.717, 1.165) is 12.0 Å².